The number of nitrogens with one attached hydrogen (secondary N) is 1. The molecule has 1 aromatic rings. The highest BCUT2D eigenvalue weighted by Crippen LogP contribution is 2.18. The van der Waals surface area contributed by atoms with Crippen LogP contribution in [-0.2, 0) is 6.54 Å². The fourth-order valence-corrected chi connectivity index (χ4v) is 2.24. The number of hydrogen-bond donors (Lipinski definition) is 1. The summed E-state index contributed by atoms with van der Waals surface area (Å²) in [6, 6.07) is 4.66. The minimum atomic E-state index is -0.455. The maximum Gasteiger partial charge on any atom is 0.130 e. The Kier molecular flexibility index (Phi) is 3.74. The van der Waals surface area contributed by atoms with Gasteiger partial charge in [0.15, 0.2) is 0 Å². The van der Waals surface area contributed by atoms with E-state index < -0.39 is 11.6 Å². The fraction of sp³-hybridized carbons (Fsp3) is 0.538. The lowest BCUT2D eigenvalue weighted by Crippen LogP contribution is -2.54. The molecule has 1 fully saturated rings. The Morgan fingerprint density at radius 1 is 1.29 bits per heavy atom. The Balaban J connectivity index is 2.15. The molecule has 0 aromatic heterocycles. The highest BCUT2D eigenvalue weighted by molar-refractivity contribution is 5.19. The number of piperazine rings is 1. The van der Waals surface area contributed by atoms with Crippen molar-refractivity contribution in [1.29, 1.82) is 0 Å². The van der Waals surface area contributed by atoms with Gasteiger partial charge in [0.05, 0.1) is 0 Å². The van der Waals surface area contributed by atoms with Gasteiger partial charge in [-0.3, -0.25) is 4.90 Å². The zero-order valence-corrected chi connectivity index (χ0v) is 10.2. The van der Waals surface area contributed by atoms with E-state index in [0.717, 1.165) is 13.1 Å². The van der Waals surface area contributed by atoms with Crippen molar-refractivity contribution in [2.24, 2.45) is 0 Å². The van der Waals surface area contributed by atoms with Crippen molar-refractivity contribution in [2.45, 2.75) is 32.5 Å². The van der Waals surface area contributed by atoms with Crippen molar-refractivity contribution in [2.75, 3.05) is 13.1 Å². The van der Waals surface area contributed by atoms with Gasteiger partial charge in [-0.2, -0.15) is 0 Å². The molecule has 1 aliphatic rings. The third kappa shape index (κ3) is 2.64. The molecule has 0 radical (unpaired) electrons. The smallest absolute Gasteiger partial charge is 0.130 e. The average molecular weight is 240 g/mol. The lowest BCUT2D eigenvalue weighted by Gasteiger charge is -2.38. The van der Waals surface area contributed by atoms with E-state index in [1.54, 1.807) is 0 Å². The first-order valence-electron chi connectivity index (χ1n) is 6.00. The molecule has 4 heteroatoms. The maximum atomic E-state index is 13.5. The largest absolute Gasteiger partial charge is 0.311 e. The Labute approximate surface area is 101 Å². The molecule has 0 bridgehead atoms. The zero-order chi connectivity index (χ0) is 12.4. The molecule has 0 amide bonds. The molecule has 94 valence electrons. The van der Waals surface area contributed by atoms with Gasteiger partial charge in [-0.05, 0) is 26.0 Å². The van der Waals surface area contributed by atoms with Gasteiger partial charge in [-0.15, -0.1) is 0 Å². The van der Waals surface area contributed by atoms with Crippen LogP contribution in [0.5, 0.6) is 0 Å². The third-order valence-electron chi connectivity index (χ3n) is 3.59. The summed E-state index contributed by atoms with van der Waals surface area (Å²) in [6.07, 6.45) is 0. The number of nitrogens with zero attached hydrogens (tertiary/aromatic N) is 1. The summed E-state index contributed by atoms with van der Waals surface area (Å²) in [5.41, 5.74) is 0.174. The predicted molar refractivity (Wildman–Crippen MR) is 63.7 cm³/mol. The van der Waals surface area contributed by atoms with Crippen LogP contribution in [0.15, 0.2) is 18.2 Å². The highest BCUT2D eigenvalue weighted by atomic mass is 19.1. The quantitative estimate of drug-likeness (QED) is 0.852. The Hall–Kier alpha value is -1.00. The van der Waals surface area contributed by atoms with Gasteiger partial charge in [0, 0.05) is 37.3 Å². The molecule has 2 rings (SSSR count). The van der Waals surface area contributed by atoms with Gasteiger partial charge in [0.2, 0.25) is 0 Å². The molecule has 0 spiro atoms. The highest BCUT2D eigenvalue weighted by Gasteiger charge is 2.25. The molecule has 0 aliphatic carbocycles. The van der Waals surface area contributed by atoms with Gasteiger partial charge in [0.1, 0.15) is 11.6 Å². The predicted octanol–water partition coefficient (Wildman–Crippen LogP) is 2.15. The number of rotatable bonds is 2. The van der Waals surface area contributed by atoms with Crippen LogP contribution in [0.25, 0.3) is 0 Å². The molecule has 2 atom stereocenters. The zero-order valence-electron chi connectivity index (χ0n) is 10.2. The second kappa shape index (κ2) is 5.10. The second-order valence-corrected chi connectivity index (χ2v) is 4.65. The van der Waals surface area contributed by atoms with E-state index in [9.17, 15) is 8.78 Å². The average Bonchev–Trinajstić information content (AvgIpc) is 2.29. The lowest BCUT2D eigenvalue weighted by atomic mass is 10.1. The van der Waals surface area contributed by atoms with Gasteiger partial charge < -0.3 is 5.32 Å². The van der Waals surface area contributed by atoms with Gasteiger partial charge in [-0.25, -0.2) is 8.78 Å². The van der Waals surface area contributed by atoms with Crippen LogP contribution >= 0.6 is 0 Å². The van der Waals surface area contributed by atoms with Crippen LogP contribution in [0, 0.1) is 11.6 Å². The summed E-state index contributed by atoms with van der Waals surface area (Å²) in [4.78, 5) is 2.11. The first kappa shape index (κ1) is 12.5. The van der Waals surface area contributed by atoms with Crippen LogP contribution in [0.1, 0.15) is 19.4 Å². The van der Waals surface area contributed by atoms with Crippen molar-refractivity contribution >= 4 is 0 Å². The van der Waals surface area contributed by atoms with Crippen LogP contribution < -0.4 is 5.32 Å². The number of benzene rings is 1. The van der Waals surface area contributed by atoms with E-state index in [-0.39, 0.29) is 11.6 Å². The van der Waals surface area contributed by atoms with Crippen molar-refractivity contribution in [3.63, 3.8) is 0 Å². The van der Waals surface area contributed by atoms with Crippen LogP contribution in [-0.4, -0.2) is 30.1 Å². The van der Waals surface area contributed by atoms with E-state index in [2.05, 4.69) is 24.1 Å². The van der Waals surface area contributed by atoms with E-state index in [1.165, 1.54) is 18.2 Å². The minimum Gasteiger partial charge on any atom is -0.311 e. The summed E-state index contributed by atoms with van der Waals surface area (Å²) >= 11 is 0. The molecule has 1 heterocycles. The van der Waals surface area contributed by atoms with Gasteiger partial charge >= 0.3 is 0 Å². The lowest BCUT2D eigenvalue weighted by molar-refractivity contribution is 0.128. The van der Waals surface area contributed by atoms with Gasteiger partial charge in [-0.1, -0.05) is 6.07 Å². The first-order valence-corrected chi connectivity index (χ1v) is 6.00. The fourth-order valence-electron chi connectivity index (χ4n) is 2.24. The molecule has 1 N–H and O–H groups in total. The normalized spacial score (nSPS) is 26.1. The molecule has 2 unspecified atom stereocenters. The van der Waals surface area contributed by atoms with Crippen molar-refractivity contribution in [1.82, 2.24) is 10.2 Å². The van der Waals surface area contributed by atoms with E-state index in [0.29, 0.717) is 12.6 Å². The van der Waals surface area contributed by atoms with Crippen molar-refractivity contribution < 1.29 is 8.78 Å². The summed E-state index contributed by atoms with van der Waals surface area (Å²) in [6.45, 7) is 6.19. The summed E-state index contributed by atoms with van der Waals surface area (Å²) in [5.74, 6) is -0.910. The van der Waals surface area contributed by atoms with E-state index in [4.69, 9.17) is 0 Å². The van der Waals surface area contributed by atoms with Gasteiger partial charge in [0.25, 0.3) is 0 Å². The number of halogens is 2. The van der Waals surface area contributed by atoms with Crippen LogP contribution in [0.3, 0.4) is 0 Å². The molecule has 17 heavy (non-hydrogen) atoms. The molecule has 1 aromatic carbocycles. The standard InChI is InChI=1S/C13H18F2N2/c1-9-10(2)17(7-6-16-9)8-11-12(14)4-3-5-13(11)15/h3-5,9-10,16H,6-8H2,1-2H3. The number of hydrogen-bond acceptors (Lipinski definition) is 2. The summed E-state index contributed by atoms with van der Waals surface area (Å²) in [7, 11) is 0. The second-order valence-electron chi connectivity index (χ2n) is 4.65. The Morgan fingerprint density at radius 3 is 2.59 bits per heavy atom. The first-order chi connectivity index (χ1) is 8.09. The molecule has 2 nitrogen and oxygen atoms in total. The maximum absolute atomic E-state index is 13.5. The molecular weight excluding hydrogens is 222 g/mol. The third-order valence-corrected chi connectivity index (χ3v) is 3.59. The van der Waals surface area contributed by atoms with E-state index >= 15 is 0 Å². The molecule has 1 saturated heterocycles. The topological polar surface area (TPSA) is 15.3 Å². The van der Waals surface area contributed by atoms with E-state index in [1.807, 2.05) is 0 Å². The Bertz CT molecular complexity index is 375. The molecular formula is C13H18F2N2. The molecule has 0 saturated carbocycles. The van der Waals surface area contributed by atoms with Crippen LogP contribution in [0.2, 0.25) is 0 Å². The van der Waals surface area contributed by atoms with Crippen LogP contribution in [0.4, 0.5) is 8.78 Å². The van der Waals surface area contributed by atoms with Crippen molar-refractivity contribution in [3.8, 4) is 0 Å². The monoisotopic (exact) mass is 240 g/mol. The minimum absolute atomic E-state index is 0.174. The SMILES string of the molecule is CC1NCCN(Cc2c(F)cccc2F)C1C. The molecule has 1 aliphatic heterocycles. The summed E-state index contributed by atoms with van der Waals surface area (Å²) < 4.78 is 27.1. The summed E-state index contributed by atoms with van der Waals surface area (Å²) in [5, 5.41) is 3.35. The Morgan fingerprint density at radius 2 is 1.94 bits per heavy atom. The van der Waals surface area contributed by atoms with Crippen molar-refractivity contribution in [3.05, 3.63) is 35.4 Å².